The van der Waals surface area contributed by atoms with Crippen LogP contribution < -0.4 is 9.64 Å². The van der Waals surface area contributed by atoms with Crippen LogP contribution in [0.1, 0.15) is 32.6 Å². The van der Waals surface area contributed by atoms with Crippen LogP contribution in [0.15, 0.2) is 24.3 Å². The molecule has 2 unspecified atom stereocenters. The molecule has 0 saturated carbocycles. The van der Waals surface area contributed by atoms with Gasteiger partial charge in [-0.15, -0.1) is 0 Å². The first kappa shape index (κ1) is 15.8. The first-order valence-corrected chi connectivity index (χ1v) is 8.35. The first-order valence-electron chi connectivity index (χ1n) is 8.35. The Labute approximate surface area is 137 Å². The van der Waals surface area contributed by atoms with E-state index in [-0.39, 0.29) is 23.8 Å². The third-order valence-electron chi connectivity index (χ3n) is 4.93. The van der Waals surface area contributed by atoms with Gasteiger partial charge in [-0.25, -0.2) is 0 Å². The fourth-order valence-electron chi connectivity index (χ4n) is 3.56. The Morgan fingerprint density at radius 1 is 1.30 bits per heavy atom. The number of carbonyl (C=O) groups is 2. The predicted molar refractivity (Wildman–Crippen MR) is 88.5 cm³/mol. The highest BCUT2D eigenvalue weighted by Crippen LogP contribution is 2.30. The smallest absolute Gasteiger partial charge is 0.228 e. The molecule has 5 heteroatoms. The zero-order valence-corrected chi connectivity index (χ0v) is 13.8. The Balaban J connectivity index is 1.72. The van der Waals surface area contributed by atoms with Gasteiger partial charge in [-0.3, -0.25) is 9.59 Å². The molecule has 0 radical (unpaired) electrons. The Kier molecular flexibility index (Phi) is 4.55. The maximum absolute atomic E-state index is 12.8. The summed E-state index contributed by atoms with van der Waals surface area (Å²) in [6, 6.07) is 7.73. The lowest BCUT2D eigenvalue weighted by atomic mass is 9.99. The molecule has 0 spiro atoms. The van der Waals surface area contributed by atoms with E-state index in [1.807, 2.05) is 29.2 Å². The number of methoxy groups -OCH3 is 1. The van der Waals surface area contributed by atoms with Crippen molar-refractivity contribution in [3.63, 3.8) is 0 Å². The zero-order valence-electron chi connectivity index (χ0n) is 13.8. The van der Waals surface area contributed by atoms with Gasteiger partial charge in [0.15, 0.2) is 0 Å². The van der Waals surface area contributed by atoms with E-state index < -0.39 is 0 Å². The molecule has 0 bridgehead atoms. The van der Waals surface area contributed by atoms with Crippen molar-refractivity contribution in [1.82, 2.24) is 4.90 Å². The number of hydrogen-bond donors (Lipinski definition) is 0. The van der Waals surface area contributed by atoms with Gasteiger partial charge in [0.05, 0.1) is 13.0 Å². The Morgan fingerprint density at radius 3 is 2.87 bits per heavy atom. The molecule has 2 fully saturated rings. The molecule has 1 aromatic rings. The number of benzene rings is 1. The van der Waals surface area contributed by atoms with Crippen LogP contribution in [-0.4, -0.2) is 43.0 Å². The normalized spacial score (nSPS) is 24.9. The first-order chi connectivity index (χ1) is 11.1. The molecule has 2 atom stereocenters. The molecule has 5 nitrogen and oxygen atoms in total. The van der Waals surface area contributed by atoms with E-state index in [2.05, 4.69) is 6.92 Å². The summed E-state index contributed by atoms with van der Waals surface area (Å²) in [7, 11) is 1.61. The second-order valence-electron chi connectivity index (χ2n) is 6.48. The van der Waals surface area contributed by atoms with Gasteiger partial charge in [-0.2, -0.15) is 0 Å². The summed E-state index contributed by atoms with van der Waals surface area (Å²) in [5, 5.41) is 0. The molecule has 2 heterocycles. The molecule has 23 heavy (non-hydrogen) atoms. The summed E-state index contributed by atoms with van der Waals surface area (Å²) in [6.45, 7) is 3.39. The van der Waals surface area contributed by atoms with Crippen molar-refractivity contribution in [3.8, 4) is 5.75 Å². The van der Waals surface area contributed by atoms with Crippen LogP contribution >= 0.6 is 0 Å². The average molecular weight is 316 g/mol. The number of carbonyl (C=O) groups excluding carboxylic acids is 2. The number of hydrogen-bond acceptors (Lipinski definition) is 3. The highest BCUT2D eigenvalue weighted by molar-refractivity contribution is 6.00. The number of rotatable bonds is 3. The van der Waals surface area contributed by atoms with Gasteiger partial charge in [-0.05, 0) is 38.3 Å². The molecular weight excluding hydrogens is 292 g/mol. The minimum Gasteiger partial charge on any atom is -0.497 e. The van der Waals surface area contributed by atoms with E-state index in [0.717, 1.165) is 30.8 Å². The van der Waals surface area contributed by atoms with Crippen LogP contribution in [0.25, 0.3) is 0 Å². The van der Waals surface area contributed by atoms with E-state index in [9.17, 15) is 9.59 Å². The van der Waals surface area contributed by atoms with Crippen LogP contribution in [0.2, 0.25) is 0 Å². The molecule has 2 amide bonds. The van der Waals surface area contributed by atoms with Gasteiger partial charge in [-0.1, -0.05) is 6.07 Å². The summed E-state index contributed by atoms with van der Waals surface area (Å²) in [6.07, 6.45) is 3.62. The van der Waals surface area contributed by atoms with Gasteiger partial charge in [0, 0.05) is 37.3 Å². The quantitative estimate of drug-likeness (QED) is 0.860. The van der Waals surface area contributed by atoms with Crippen molar-refractivity contribution >= 4 is 17.5 Å². The molecule has 2 saturated heterocycles. The highest BCUT2D eigenvalue weighted by Gasteiger charge is 2.38. The number of amides is 2. The maximum Gasteiger partial charge on any atom is 0.228 e. The van der Waals surface area contributed by atoms with Crippen molar-refractivity contribution in [2.24, 2.45) is 5.92 Å². The van der Waals surface area contributed by atoms with E-state index in [4.69, 9.17) is 4.74 Å². The second kappa shape index (κ2) is 6.60. The number of piperidine rings is 1. The van der Waals surface area contributed by atoms with Crippen molar-refractivity contribution in [2.45, 2.75) is 38.6 Å². The monoisotopic (exact) mass is 316 g/mol. The molecule has 0 aliphatic carbocycles. The lowest BCUT2D eigenvalue weighted by Crippen LogP contribution is -2.45. The predicted octanol–water partition coefficient (Wildman–Crippen LogP) is 2.45. The summed E-state index contributed by atoms with van der Waals surface area (Å²) < 4.78 is 5.22. The van der Waals surface area contributed by atoms with E-state index >= 15 is 0 Å². The Hall–Kier alpha value is -2.04. The minimum atomic E-state index is -0.228. The highest BCUT2D eigenvalue weighted by atomic mass is 16.5. The lowest BCUT2D eigenvalue weighted by molar-refractivity contribution is -0.139. The molecule has 2 aliphatic rings. The molecule has 0 aromatic heterocycles. The number of ether oxygens (including phenoxy) is 1. The third kappa shape index (κ3) is 3.19. The van der Waals surface area contributed by atoms with Crippen molar-refractivity contribution < 1.29 is 14.3 Å². The van der Waals surface area contributed by atoms with Crippen LogP contribution in [0.3, 0.4) is 0 Å². The zero-order chi connectivity index (χ0) is 16.4. The maximum atomic E-state index is 12.8. The van der Waals surface area contributed by atoms with E-state index in [1.54, 1.807) is 12.0 Å². The summed E-state index contributed by atoms with van der Waals surface area (Å²) in [5.74, 6) is 0.640. The minimum absolute atomic E-state index is 0.0151. The SMILES string of the molecule is COc1cccc(N2CC(C(=O)N3CCCCC3C)CC2=O)c1. The average Bonchev–Trinajstić information content (AvgIpc) is 2.96. The number of anilines is 1. The van der Waals surface area contributed by atoms with Gasteiger partial charge >= 0.3 is 0 Å². The van der Waals surface area contributed by atoms with Crippen molar-refractivity contribution in [2.75, 3.05) is 25.1 Å². The van der Waals surface area contributed by atoms with Crippen molar-refractivity contribution in [3.05, 3.63) is 24.3 Å². The summed E-state index contributed by atoms with van der Waals surface area (Å²) >= 11 is 0. The van der Waals surface area contributed by atoms with Crippen LogP contribution in [0.4, 0.5) is 5.69 Å². The Bertz CT molecular complexity index is 602. The number of nitrogens with zero attached hydrogens (tertiary/aromatic N) is 2. The molecule has 124 valence electrons. The van der Waals surface area contributed by atoms with E-state index in [0.29, 0.717) is 13.0 Å². The van der Waals surface area contributed by atoms with Gasteiger partial charge < -0.3 is 14.5 Å². The molecule has 1 aromatic carbocycles. The van der Waals surface area contributed by atoms with Crippen molar-refractivity contribution in [1.29, 1.82) is 0 Å². The summed E-state index contributed by atoms with van der Waals surface area (Å²) in [5.41, 5.74) is 0.802. The molecular formula is C18H24N2O3. The van der Waals surface area contributed by atoms with Crippen LogP contribution in [-0.2, 0) is 9.59 Å². The summed E-state index contributed by atoms with van der Waals surface area (Å²) in [4.78, 5) is 28.8. The fraction of sp³-hybridized carbons (Fsp3) is 0.556. The second-order valence-corrected chi connectivity index (χ2v) is 6.48. The largest absolute Gasteiger partial charge is 0.497 e. The molecule has 2 aliphatic heterocycles. The topological polar surface area (TPSA) is 49.9 Å². The van der Waals surface area contributed by atoms with Crippen LogP contribution in [0, 0.1) is 5.92 Å². The fourth-order valence-corrected chi connectivity index (χ4v) is 3.56. The van der Waals surface area contributed by atoms with E-state index in [1.165, 1.54) is 6.42 Å². The Morgan fingerprint density at radius 2 is 2.13 bits per heavy atom. The third-order valence-corrected chi connectivity index (χ3v) is 4.93. The lowest BCUT2D eigenvalue weighted by Gasteiger charge is -2.35. The van der Waals surface area contributed by atoms with Gasteiger partial charge in [0.2, 0.25) is 11.8 Å². The molecule has 0 N–H and O–H groups in total. The van der Waals surface area contributed by atoms with Crippen LogP contribution in [0.5, 0.6) is 5.75 Å². The molecule has 3 rings (SSSR count). The standard InChI is InChI=1S/C18H24N2O3/c1-13-6-3-4-9-19(13)18(22)14-10-17(21)20(12-14)15-7-5-8-16(11-15)23-2/h5,7-8,11,13-14H,3-4,6,9-10,12H2,1-2H3. The van der Waals surface area contributed by atoms with Gasteiger partial charge in [0.1, 0.15) is 5.75 Å². The number of likely N-dealkylation sites (tertiary alicyclic amines) is 1. The van der Waals surface area contributed by atoms with Gasteiger partial charge in [0.25, 0.3) is 0 Å².